The van der Waals surface area contributed by atoms with Crippen LogP contribution in [0.1, 0.15) is 0 Å². The number of rotatable bonds is 2. The summed E-state index contributed by atoms with van der Waals surface area (Å²) in [5.41, 5.74) is 17.1. The molecule has 0 saturated carbocycles. The predicted octanol–water partition coefficient (Wildman–Crippen LogP) is -1.32. The van der Waals surface area contributed by atoms with Gasteiger partial charge in [-0.2, -0.15) is 0 Å². The number of carbonyl (C=O) groups is 4. The molecule has 0 radical (unpaired) electrons. The number of carbonyl (C=O) groups excluding carboxylic acids is 2. The van der Waals surface area contributed by atoms with Crippen molar-refractivity contribution in [3.8, 4) is 24.7 Å². The lowest BCUT2D eigenvalue weighted by molar-refractivity contribution is 0.170. The van der Waals surface area contributed by atoms with E-state index in [9.17, 15) is 9.59 Å². The highest BCUT2D eigenvalue weighted by Gasteiger charge is 1.85. The summed E-state index contributed by atoms with van der Waals surface area (Å²) in [5, 5.41) is 14.4. The van der Waals surface area contributed by atoms with Gasteiger partial charge >= 0.3 is 24.4 Å². The van der Waals surface area contributed by atoms with Gasteiger partial charge in [0, 0.05) is 0 Å². The van der Waals surface area contributed by atoms with Crippen LogP contribution in [0.2, 0.25) is 0 Å². The Morgan fingerprint density at radius 1 is 0.773 bits per heavy atom. The normalized spacial score (nSPS) is 6.45. The Morgan fingerprint density at radius 2 is 0.955 bits per heavy atom. The van der Waals surface area contributed by atoms with Gasteiger partial charge in [-0.3, -0.25) is 0 Å². The number of nitrogens with two attached hydrogens (primary N) is 4. The molecule has 0 unspecified atom stereocenters. The van der Waals surface area contributed by atoms with Crippen molar-refractivity contribution in [3.63, 3.8) is 0 Å². The molecule has 0 fully saturated rings. The topological polar surface area (TPSA) is 231 Å². The summed E-state index contributed by atoms with van der Waals surface area (Å²) in [6.45, 7) is -0.0926. The minimum Gasteiger partial charge on any atom is -0.465 e. The number of ether oxygens (including phenoxy) is 2. The lowest BCUT2D eigenvalue weighted by atomic mass is 10.8. The minimum atomic E-state index is -1.33. The third kappa shape index (κ3) is 212. The third-order valence-electron chi connectivity index (χ3n) is 0.596. The average Bonchev–Trinajstić information content (AvgIpc) is 2.33. The minimum absolute atomic E-state index is 0.0463. The molecule has 0 aromatic rings. The molecule has 0 heterocycles. The van der Waals surface area contributed by atoms with Crippen LogP contribution in [0.15, 0.2) is 0 Å². The quantitative estimate of drug-likeness (QED) is 0.333. The van der Waals surface area contributed by atoms with Crippen LogP contribution in [0.3, 0.4) is 0 Å². The van der Waals surface area contributed by atoms with E-state index in [4.69, 9.17) is 32.6 Å². The SMILES string of the molecule is C#CCOC(N)=O.C#CCOC(N)=O.NC(=O)O.NC(=O)O. The molecular formula is C10H16N4O8. The van der Waals surface area contributed by atoms with Crippen molar-refractivity contribution in [1.82, 2.24) is 0 Å². The molecule has 0 aliphatic carbocycles. The second kappa shape index (κ2) is 22.4. The van der Waals surface area contributed by atoms with Crippen LogP contribution in [-0.2, 0) is 9.47 Å². The van der Waals surface area contributed by atoms with Crippen molar-refractivity contribution >= 4 is 24.4 Å². The number of terminal acetylenes is 2. The highest BCUT2D eigenvalue weighted by molar-refractivity contribution is 5.65. The van der Waals surface area contributed by atoms with Crippen molar-refractivity contribution in [2.75, 3.05) is 13.2 Å². The van der Waals surface area contributed by atoms with Crippen LogP contribution >= 0.6 is 0 Å². The maximum Gasteiger partial charge on any atom is 0.405 e. The van der Waals surface area contributed by atoms with E-state index >= 15 is 0 Å². The van der Waals surface area contributed by atoms with Crippen LogP contribution in [0.5, 0.6) is 0 Å². The highest BCUT2D eigenvalue weighted by Crippen LogP contribution is 1.67. The monoisotopic (exact) mass is 320 g/mol. The Morgan fingerprint density at radius 3 is 1.00 bits per heavy atom. The van der Waals surface area contributed by atoms with E-state index in [1.54, 1.807) is 0 Å². The molecule has 0 bridgehead atoms. The fourth-order valence-corrected chi connectivity index (χ4v) is 0.226. The molecule has 0 aliphatic rings. The third-order valence-corrected chi connectivity index (χ3v) is 0.596. The summed E-state index contributed by atoms with van der Waals surface area (Å²) in [6, 6.07) is 0. The fraction of sp³-hybridized carbons (Fsp3) is 0.200. The molecule has 22 heavy (non-hydrogen) atoms. The van der Waals surface area contributed by atoms with Crippen molar-refractivity contribution in [3.05, 3.63) is 0 Å². The molecule has 0 saturated heterocycles. The lowest BCUT2D eigenvalue weighted by Gasteiger charge is -1.88. The molecule has 12 heteroatoms. The van der Waals surface area contributed by atoms with E-state index in [0.29, 0.717) is 0 Å². The second-order valence-electron chi connectivity index (χ2n) is 2.30. The zero-order valence-electron chi connectivity index (χ0n) is 11.2. The van der Waals surface area contributed by atoms with Gasteiger partial charge in [-0.05, 0) is 0 Å². The van der Waals surface area contributed by atoms with Crippen molar-refractivity contribution < 1.29 is 38.9 Å². The van der Waals surface area contributed by atoms with Gasteiger partial charge < -0.3 is 42.6 Å². The molecule has 0 rings (SSSR count). The highest BCUT2D eigenvalue weighted by atomic mass is 16.5. The number of primary amides is 4. The largest absolute Gasteiger partial charge is 0.465 e. The second-order valence-corrected chi connectivity index (χ2v) is 2.30. The Kier molecular flexibility index (Phi) is 27.2. The van der Waals surface area contributed by atoms with E-state index in [1.807, 2.05) is 0 Å². The van der Waals surface area contributed by atoms with E-state index in [-0.39, 0.29) is 13.2 Å². The van der Waals surface area contributed by atoms with E-state index in [1.165, 1.54) is 0 Å². The van der Waals surface area contributed by atoms with Crippen molar-refractivity contribution in [1.29, 1.82) is 0 Å². The summed E-state index contributed by atoms with van der Waals surface area (Å²) in [6.07, 6.45) is 5.05. The summed E-state index contributed by atoms with van der Waals surface area (Å²) < 4.78 is 8.19. The predicted molar refractivity (Wildman–Crippen MR) is 73.2 cm³/mol. The molecule has 124 valence electrons. The van der Waals surface area contributed by atoms with Gasteiger partial charge in [-0.25, -0.2) is 19.2 Å². The number of hydrogen-bond acceptors (Lipinski definition) is 6. The Hall–Kier alpha value is -3.80. The van der Waals surface area contributed by atoms with Crippen LogP contribution in [0.25, 0.3) is 0 Å². The zero-order chi connectivity index (χ0) is 18.6. The van der Waals surface area contributed by atoms with Gasteiger partial charge in [-0.15, -0.1) is 12.8 Å². The van der Waals surface area contributed by atoms with Crippen LogP contribution in [-0.4, -0.2) is 47.8 Å². The average molecular weight is 320 g/mol. The van der Waals surface area contributed by atoms with Gasteiger partial charge in [-0.1, -0.05) is 11.8 Å². The van der Waals surface area contributed by atoms with E-state index < -0.39 is 24.4 Å². The zero-order valence-corrected chi connectivity index (χ0v) is 11.2. The first-order chi connectivity index (χ1) is 10.0. The van der Waals surface area contributed by atoms with Gasteiger partial charge in [0.1, 0.15) is 0 Å². The van der Waals surface area contributed by atoms with E-state index in [2.05, 4.69) is 44.2 Å². The van der Waals surface area contributed by atoms with Gasteiger partial charge in [0.2, 0.25) is 0 Å². The smallest absolute Gasteiger partial charge is 0.405 e. The molecule has 0 spiro atoms. The first-order valence-electron chi connectivity index (χ1n) is 4.69. The first-order valence-corrected chi connectivity index (χ1v) is 4.69. The van der Waals surface area contributed by atoms with Crippen LogP contribution in [0.4, 0.5) is 19.2 Å². The first kappa shape index (κ1) is 26.7. The Labute approximate surface area is 125 Å². The van der Waals surface area contributed by atoms with Crippen LogP contribution < -0.4 is 22.9 Å². The molecule has 10 N–H and O–H groups in total. The summed E-state index contributed by atoms with van der Waals surface area (Å²) in [4.78, 5) is 36.9. The van der Waals surface area contributed by atoms with Gasteiger partial charge in [0.25, 0.3) is 0 Å². The molecule has 0 aliphatic heterocycles. The standard InChI is InChI=1S/2C4H5NO2.2CH3NO2/c2*1-2-3-7-4(5)6;2*2-1(3)4/h2*1H,3H2,(H2,5,6);2*2H2,(H,3,4). The maximum atomic E-state index is 9.66. The van der Waals surface area contributed by atoms with Gasteiger partial charge in [0.05, 0.1) is 0 Å². The number of hydrogen-bond donors (Lipinski definition) is 6. The molecule has 0 aromatic carbocycles. The molecule has 0 atom stereocenters. The van der Waals surface area contributed by atoms with E-state index in [0.717, 1.165) is 0 Å². The van der Waals surface area contributed by atoms with Crippen LogP contribution in [0, 0.1) is 24.7 Å². The summed E-state index contributed by atoms with van der Waals surface area (Å²) in [5.74, 6) is 4.15. The lowest BCUT2D eigenvalue weighted by Crippen LogP contribution is -2.12. The number of amides is 4. The van der Waals surface area contributed by atoms with Crippen molar-refractivity contribution in [2.45, 2.75) is 0 Å². The summed E-state index contributed by atoms with van der Waals surface area (Å²) in [7, 11) is 0. The molecule has 0 aromatic heterocycles. The van der Waals surface area contributed by atoms with Crippen molar-refractivity contribution in [2.24, 2.45) is 22.9 Å². The fourth-order valence-electron chi connectivity index (χ4n) is 0.226. The molecule has 4 amide bonds. The maximum absolute atomic E-state index is 9.66. The molecule has 12 nitrogen and oxygen atoms in total. The molecular weight excluding hydrogens is 304 g/mol. The Bertz CT molecular complexity index is 376. The van der Waals surface area contributed by atoms with Gasteiger partial charge in [0.15, 0.2) is 13.2 Å². The Balaban J connectivity index is -0.000000102. The number of carboxylic acid groups (broad SMARTS) is 2. The summed E-state index contributed by atoms with van der Waals surface area (Å²) >= 11 is 0.